The van der Waals surface area contributed by atoms with E-state index < -0.39 is 0 Å². The average molecular weight is 842 g/mol. The Kier molecular flexibility index (Phi) is 52.3. The van der Waals surface area contributed by atoms with Gasteiger partial charge in [0.15, 0.2) is 0 Å². The zero-order valence-corrected chi connectivity index (χ0v) is 42.8. The van der Waals surface area contributed by atoms with Crippen LogP contribution in [0.25, 0.3) is 0 Å². The van der Waals surface area contributed by atoms with Crippen LogP contribution in [0, 0.1) is 0 Å². The molecule has 0 aliphatic carbocycles. The van der Waals surface area contributed by atoms with Crippen molar-refractivity contribution < 1.29 is 4.48 Å². The first-order valence-corrected chi connectivity index (χ1v) is 28.8. The lowest BCUT2D eigenvalue weighted by molar-refractivity contribution is -0.910. The van der Waals surface area contributed by atoms with Gasteiger partial charge in [0.05, 0.1) is 26.7 Å². The number of hydrogen-bond donors (Lipinski definition) is 0. The highest BCUT2D eigenvalue weighted by molar-refractivity contribution is 4.82. The first-order chi connectivity index (χ1) is 29.7. The fourth-order valence-electron chi connectivity index (χ4n) is 9.57. The Hall–Kier alpha value is -0.560. The minimum atomic E-state index is 1.31. The van der Waals surface area contributed by atoms with Crippen LogP contribution in [0.15, 0.2) is 24.3 Å². The van der Waals surface area contributed by atoms with E-state index in [0.29, 0.717) is 0 Å². The highest BCUT2D eigenvalue weighted by atomic mass is 15.3. The highest BCUT2D eigenvalue weighted by Gasteiger charge is 2.20. The third kappa shape index (κ3) is 50.1. The van der Waals surface area contributed by atoms with Crippen LogP contribution in [-0.2, 0) is 0 Å². The van der Waals surface area contributed by atoms with Gasteiger partial charge in [0, 0.05) is 0 Å². The first kappa shape index (κ1) is 59.4. The molecule has 0 aliphatic rings. The number of allylic oxidation sites excluding steroid dienone is 4. The smallest absolute Gasteiger partial charge is 0.0784 e. The van der Waals surface area contributed by atoms with Crippen molar-refractivity contribution in [3.8, 4) is 0 Å². The Morgan fingerprint density at radius 3 is 0.533 bits per heavy atom. The van der Waals surface area contributed by atoms with Gasteiger partial charge in [0.25, 0.3) is 0 Å². The Morgan fingerprint density at radius 2 is 0.350 bits per heavy atom. The molecule has 0 N–H and O–H groups in total. The molecule has 60 heavy (non-hydrogen) atoms. The Balaban J connectivity index is 4.12. The van der Waals surface area contributed by atoms with Crippen LogP contribution < -0.4 is 0 Å². The first-order valence-electron chi connectivity index (χ1n) is 28.8. The van der Waals surface area contributed by atoms with E-state index in [-0.39, 0.29) is 0 Å². The number of unbranched alkanes of at least 4 members (excludes halogenated alkanes) is 43. The quantitative estimate of drug-likeness (QED) is 0.0325. The summed E-state index contributed by atoms with van der Waals surface area (Å²) >= 11 is 0. The van der Waals surface area contributed by atoms with E-state index in [4.69, 9.17) is 0 Å². The SMILES string of the molecule is CCCCCCCC/C=C\CCCCCCCC[N+](C)(CCCCCCCC/C=C\CCCCCCCC)CCCCCCCCCCCCCCCCCCCCCC. The van der Waals surface area contributed by atoms with Crippen molar-refractivity contribution in [1.29, 1.82) is 0 Å². The molecular formula is C59H118N+. The molecule has 0 fully saturated rings. The molecule has 0 atom stereocenters. The van der Waals surface area contributed by atoms with Crippen LogP contribution in [0.3, 0.4) is 0 Å². The van der Waals surface area contributed by atoms with Crippen molar-refractivity contribution in [1.82, 2.24) is 0 Å². The van der Waals surface area contributed by atoms with Gasteiger partial charge in [-0.2, -0.15) is 0 Å². The zero-order valence-electron chi connectivity index (χ0n) is 42.8. The Morgan fingerprint density at radius 1 is 0.200 bits per heavy atom. The highest BCUT2D eigenvalue weighted by Crippen LogP contribution is 2.19. The summed E-state index contributed by atoms with van der Waals surface area (Å²) in [5, 5.41) is 0. The number of hydrogen-bond acceptors (Lipinski definition) is 0. The third-order valence-corrected chi connectivity index (χ3v) is 14.0. The predicted octanol–water partition coefficient (Wildman–Crippen LogP) is 21.3. The molecule has 0 saturated carbocycles. The number of quaternary nitrogens is 1. The maximum atomic E-state index is 2.63. The third-order valence-electron chi connectivity index (χ3n) is 14.0. The molecule has 0 radical (unpaired) electrons. The van der Waals surface area contributed by atoms with Crippen molar-refractivity contribution in [2.45, 2.75) is 329 Å². The summed E-state index contributed by atoms with van der Waals surface area (Å²) in [7, 11) is 2.63. The summed E-state index contributed by atoms with van der Waals surface area (Å²) in [5.41, 5.74) is 0. The second kappa shape index (κ2) is 52.8. The van der Waals surface area contributed by atoms with Gasteiger partial charge in [-0.1, -0.05) is 263 Å². The van der Waals surface area contributed by atoms with Crippen LogP contribution >= 0.6 is 0 Å². The average Bonchev–Trinajstić information content (AvgIpc) is 3.25. The summed E-state index contributed by atoms with van der Waals surface area (Å²) in [6.45, 7) is 11.2. The molecule has 1 heteroatoms. The van der Waals surface area contributed by atoms with E-state index in [1.54, 1.807) is 0 Å². The lowest BCUT2D eigenvalue weighted by Gasteiger charge is -2.35. The maximum absolute atomic E-state index is 2.63. The van der Waals surface area contributed by atoms with Crippen LogP contribution in [-0.4, -0.2) is 31.2 Å². The van der Waals surface area contributed by atoms with E-state index in [9.17, 15) is 0 Å². The molecule has 0 aromatic rings. The van der Waals surface area contributed by atoms with E-state index in [1.165, 1.54) is 332 Å². The number of nitrogens with zero attached hydrogens (tertiary/aromatic N) is 1. The minimum Gasteiger partial charge on any atom is -0.326 e. The molecule has 358 valence electrons. The van der Waals surface area contributed by atoms with Crippen molar-refractivity contribution in [3.05, 3.63) is 24.3 Å². The van der Waals surface area contributed by atoms with Crippen molar-refractivity contribution in [2.24, 2.45) is 0 Å². The monoisotopic (exact) mass is 841 g/mol. The Bertz CT molecular complexity index is 768. The summed E-state index contributed by atoms with van der Waals surface area (Å²) in [4.78, 5) is 0. The minimum absolute atomic E-state index is 1.31. The molecule has 1 nitrogen and oxygen atoms in total. The summed E-state index contributed by atoms with van der Waals surface area (Å²) in [6, 6.07) is 0. The summed E-state index contributed by atoms with van der Waals surface area (Å²) in [5.74, 6) is 0. The lowest BCUT2D eigenvalue weighted by Crippen LogP contribution is -2.46. The van der Waals surface area contributed by atoms with Crippen LogP contribution in [0.2, 0.25) is 0 Å². The molecule has 0 unspecified atom stereocenters. The lowest BCUT2D eigenvalue weighted by atomic mass is 10.0. The topological polar surface area (TPSA) is 0 Å². The zero-order chi connectivity index (χ0) is 43.4. The standard InChI is InChI=1S/C59H118N/c1-5-8-11-14-17-20-23-26-29-32-33-34-35-38-41-44-47-50-53-56-59-60(4,57-54-51-48-45-42-39-36-30-27-24-21-18-15-12-9-6-2)58-55-52-49-46-43-40-37-31-28-25-22-19-16-13-10-7-3/h27-28,30-31H,5-26,29,32-59H2,1-4H3/q+1/b30-27-,31-28-. The van der Waals surface area contributed by atoms with Gasteiger partial charge in [-0.25, -0.2) is 0 Å². The molecule has 0 spiro atoms. The van der Waals surface area contributed by atoms with E-state index >= 15 is 0 Å². The fraction of sp³-hybridized carbons (Fsp3) is 0.932. The van der Waals surface area contributed by atoms with E-state index in [2.05, 4.69) is 52.1 Å². The largest absolute Gasteiger partial charge is 0.326 e. The molecule has 0 bridgehead atoms. The van der Waals surface area contributed by atoms with Gasteiger partial charge >= 0.3 is 0 Å². The van der Waals surface area contributed by atoms with Crippen LogP contribution in [0.4, 0.5) is 0 Å². The summed E-state index contributed by atoms with van der Waals surface area (Å²) in [6.07, 6.45) is 78.8. The van der Waals surface area contributed by atoms with E-state index in [1.807, 2.05) is 0 Å². The normalized spacial score (nSPS) is 12.3. The van der Waals surface area contributed by atoms with Crippen molar-refractivity contribution in [2.75, 3.05) is 26.7 Å². The molecule has 0 rings (SSSR count). The van der Waals surface area contributed by atoms with Gasteiger partial charge in [-0.3, -0.25) is 0 Å². The number of rotatable bonds is 53. The van der Waals surface area contributed by atoms with Crippen molar-refractivity contribution in [3.63, 3.8) is 0 Å². The second-order valence-corrected chi connectivity index (χ2v) is 20.4. The second-order valence-electron chi connectivity index (χ2n) is 20.4. The van der Waals surface area contributed by atoms with Gasteiger partial charge < -0.3 is 4.48 Å². The molecule has 0 aliphatic heterocycles. The fourth-order valence-corrected chi connectivity index (χ4v) is 9.57. The van der Waals surface area contributed by atoms with Crippen LogP contribution in [0.5, 0.6) is 0 Å². The van der Waals surface area contributed by atoms with Gasteiger partial charge in [-0.05, 0) is 89.9 Å². The molecular weight excluding hydrogens is 723 g/mol. The van der Waals surface area contributed by atoms with Gasteiger partial charge in [0.1, 0.15) is 0 Å². The molecule has 0 aromatic carbocycles. The summed E-state index contributed by atoms with van der Waals surface area (Å²) < 4.78 is 1.35. The molecule has 0 heterocycles. The predicted molar refractivity (Wildman–Crippen MR) is 278 cm³/mol. The Labute approximate surface area is 382 Å². The molecule has 0 amide bonds. The molecule has 0 saturated heterocycles. The van der Waals surface area contributed by atoms with Crippen molar-refractivity contribution >= 4 is 0 Å². The van der Waals surface area contributed by atoms with Gasteiger partial charge in [0.2, 0.25) is 0 Å². The maximum Gasteiger partial charge on any atom is 0.0784 e. The van der Waals surface area contributed by atoms with E-state index in [0.717, 1.165) is 0 Å². The molecule has 0 aromatic heterocycles. The van der Waals surface area contributed by atoms with Gasteiger partial charge in [-0.15, -0.1) is 0 Å². The van der Waals surface area contributed by atoms with Crippen LogP contribution in [0.1, 0.15) is 329 Å².